The molecule has 0 atom stereocenters. The minimum Gasteiger partial charge on any atom is -0.491 e. The molecule has 0 radical (unpaired) electrons. The lowest BCUT2D eigenvalue weighted by Crippen LogP contribution is -2.30. The van der Waals surface area contributed by atoms with E-state index in [1.165, 1.54) is 32.1 Å². The number of methoxy groups -OCH3 is 1. The molecule has 1 aliphatic carbocycles. The molecule has 0 spiro atoms. The molecular formula is C16H25Cl2NO2. The van der Waals surface area contributed by atoms with Crippen molar-refractivity contribution >= 4 is 24.0 Å². The number of ether oxygens (including phenoxy) is 2. The van der Waals surface area contributed by atoms with Crippen LogP contribution in [0.1, 0.15) is 44.6 Å². The van der Waals surface area contributed by atoms with Crippen LogP contribution < -0.4 is 14.8 Å². The van der Waals surface area contributed by atoms with Crippen LogP contribution in [-0.4, -0.2) is 19.8 Å². The summed E-state index contributed by atoms with van der Waals surface area (Å²) >= 11 is 6.26. The standard InChI is InChI=1S/C16H24ClNO2.ClH/c1-3-20-15-10-12(9-14(17)16(15)19-2)11-18-13-7-5-4-6-8-13;/h9-10,13,18H,3-8,11H2,1-2H3;1H. The van der Waals surface area contributed by atoms with Crippen LogP contribution in [-0.2, 0) is 6.54 Å². The predicted molar refractivity (Wildman–Crippen MR) is 90.1 cm³/mol. The summed E-state index contributed by atoms with van der Waals surface area (Å²) in [6.45, 7) is 3.39. The van der Waals surface area contributed by atoms with E-state index >= 15 is 0 Å². The van der Waals surface area contributed by atoms with Gasteiger partial charge in [-0.15, -0.1) is 12.4 Å². The van der Waals surface area contributed by atoms with Gasteiger partial charge < -0.3 is 14.8 Å². The van der Waals surface area contributed by atoms with Crippen molar-refractivity contribution in [3.63, 3.8) is 0 Å². The molecule has 1 aromatic rings. The third kappa shape index (κ3) is 5.24. The molecule has 0 amide bonds. The lowest BCUT2D eigenvalue weighted by Gasteiger charge is -2.23. The van der Waals surface area contributed by atoms with Crippen LogP contribution in [0.4, 0.5) is 0 Å². The highest BCUT2D eigenvalue weighted by Crippen LogP contribution is 2.36. The SMILES string of the molecule is CCOc1cc(CNC2CCCCC2)cc(Cl)c1OC.Cl. The molecule has 120 valence electrons. The van der Waals surface area contributed by atoms with E-state index in [1.54, 1.807) is 7.11 Å². The molecule has 5 heteroatoms. The fourth-order valence-corrected chi connectivity index (χ4v) is 3.06. The number of halogens is 2. The average Bonchev–Trinajstić information content (AvgIpc) is 2.46. The first-order valence-electron chi connectivity index (χ1n) is 7.47. The Kier molecular flexibility index (Phi) is 8.23. The summed E-state index contributed by atoms with van der Waals surface area (Å²) in [5.74, 6) is 1.35. The van der Waals surface area contributed by atoms with Gasteiger partial charge in [0.05, 0.1) is 18.7 Å². The van der Waals surface area contributed by atoms with E-state index in [9.17, 15) is 0 Å². The lowest BCUT2D eigenvalue weighted by molar-refractivity contribution is 0.310. The van der Waals surface area contributed by atoms with Crippen LogP contribution in [0.25, 0.3) is 0 Å². The van der Waals surface area contributed by atoms with E-state index in [4.69, 9.17) is 21.1 Å². The van der Waals surface area contributed by atoms with Gasteiger partial charge in [-0.1, -0.05) is 30.9 Å². The fraction of sp³-hybridized carbons (Fsp3) is 0.625. The molecule has 2 rings (SSSR count). The van der Waals surface area contributed by atoms with Crippen LogP contribution in [0.15, 0.2) is 12.1 Å². The highest BCUT2D eigenvalue weighted by Gasteiger charge is 2.15. The lowest BCUT2D eigenvalue weighted by atomic mass is 9.95. The Balaban J connectivity index is 0.00000220. The second-order valence-corrected chi connectivity index (χ2v) is 5.67. The summed E-state index contributed by atoms with van der Waals surface area (Å²) in [5, 5.41) is 4.23. The van der Waals surface area contributed by atoms with Gasteiger partial charge in [0, 0.05) is 12.6 Å². The molecule has 1 aliphatic rings. The van der Waals surface area contributed by atoms with Gasteiger partial charge in [-0.05, 0) is 37.5 Å². The van der Waals surface area contributed by atoms with E-state index in [0.717, 1.165) is 17.9 Å². The highest BCUT2D eigenvalue weighted by atomic mass is 35.5. The molecule has 0 heterocycles. The second-order valence-electron chi connectivity index (χ2n) is 5.26. The molecular weight excluding hydrogens is 309 g/mol. The zero-order valence-electron chi connectivity index (χ0n) is 12.8. The molecule has 1 saturated carbocycles. The van der Waals surface area contributed by atoms with Gasteiger partial charge in [-0.2, -0.15) is 0 Å². The number of rotatable bonds is 6. The summed E-state index contributed by atoms with van der Waals surface area (Å²) in [6, 6.07) is 4.61. The molecule has 0 bridgehead atoms. The van der Waals surface area contributed by atoms with Crippen LogP contribution in [0.3, 0.4) is 0 Å². The van der Waals surface area contributed by atoms with Gasteiger partial charge in [0.2, 0.25) is 0 Å². The number of hydrogen-bond acceptors (Lipinski definition) is 3. The average molecular weight is 334 g/mol. The Hall–Kier alpha value is -0.640. The van der Waals surface area contributed by atoms with E-state index in [1.807, 2.05) is 19.1 Å². The summed E-state index contributed by atoms with van der Waals surface area (Å²) in [5.41, 5.74) is 1.14. The molecule has 1 aromatic carbocycles. The molecule has 1 N–H and O–H groups in total. The maximum atomic E-state index is 6.26. The van der Waals surface area contributed by atoms with E-state index in [0.29, 0.717) is 23.4 Å². The van der Waals surface area contributed by atoms with Gasteiger partial charge in [0.25, 0.3) is 0 Å². The molecule has 3 nitrogen and oxygen atoms in total. The minimum atomic E-state index is 0. The Labute approximate surface area is 138 Å². The van der Waals surface area contributed by atoms with Crippen LogP contribution in [0, 0.1) is 0 Å². The molecule has 0 unspecified atom stereocenters. The third-order valence-electron chi connectivity index (χ3n) is 3.77. The summed E-state index contributed by atoms with van der Waals surface area (Å²) < 4.78 is 10.9. The smallest absolute Gasteiger partial charge is 0.179 e. The maximum absolute atomic E-state index is 6.26. The summed E-state index contributed by atoms with van der Waals surface area (Å²) in [6.07, 6.45) is 6.61. The van der Waals surface area contributed by atoms with Crippen molar-refractivity contribution in [3.8, 4) is 11.5 Å². The monoisotopic (exact) mass is 333 g/mol. The highest BCUT2D eigenvalue weighted by molar-refractivity contribution is 6.32. The second kappa shape index (κ2) is 9.39. The first-order valence-corrected chi connectivity index (χ1v) is 7.85. The maximum Gasteiger partial charge on any atom is 0.179 e. The van der Waals surface area contributed by atoms with Crippen molar-refractivity contribution < 1.29 is 9.47 Å². The van der Waals surface area contributed by atoms with E-state index in [2.05, 4.69) is 5.32 Å². The van der Waals surface area contributed by atoms with Crippen molar-refractivity contribution in [1.82, 2.24) is 5.32 Å². The molecule has 0 aromatic heterocycles. The molecule has 1 fully saturated rings. The van der Waals surface area contributed by atoms with Crippen molar-refractivity contribution in [2.75, 3.05) is 13.7 Å². The van der Waals surface area contributed by atoms with Crippen molar-refractivity contribution in [2.45, 2.75) is 51.6 Å². The minimum absolute atomic E-state index is 0. The van der Waals surface area contributed by atoms with Crippen molar-refractivity contribution in [2.24, 2.45) is 0 Å². The Morgan fingerprint density at radius 3 is 2.57 bits per heavy atom. The van der Waals surface area contributed by atoms with E-state index < -0.39 is 0 Å². The fourth-order valence-electron chi connectivity index (χ4n) is 2.75. The Morgan fingerprint density at radius 1 is 1.24 bits per heavy atom. The van der Waals surface area contributed by atoms with Gasteiger partial charge in [0.15, 0.2) is 11.5 Å². The number of benzene rings is 1. The molecule has 0 aliphatic heterocycles. The Bertz CT molecular complexity index is 435. The van der Waals surface area contributed by atoms with Crippen LogP contribution >= 0.6 is 24.0 Å². The third-order valence-corrected chi connectivity index (χ3v) is 4.05. The zero-order valence-corrected chi connectivity index (χ0v) is 14.4. The normalized spacial score (nSPS) is 15.4. The Morgan fingerprint density at radius 2 is 1.95 bits per heavy atom. The first-order chi connectivity index (χ1) is 9.74. The summed E-state index contributed by atoms with van der Waals surface area (Å²) in [7, 11) is 1.61. The largest absolute Gasteiger partial charge is 0.491 e. The van der Waals surface area contributed by atoms with E-state index in [-0.39, 0.29) is 12.4 Å². The predicted octanol–water partition coefficient (Wildman–Crippen LogP) is 4.59. The van der Waals surface area contributed by atoms with Crippen LogP contribution in [0.2, 0.25) is 5.02 Å². The van der Waals surface area contributed by atoms with Crippen molar-refractivity contribution in [3.05, 3.63) is 22.7 Å². The number of hydrogen-bond donors (Lipinski definition) is 1. The van der Waals surface area contributed by atoms with Gasteiger partial charge in [-0.3, -0.25) is 0 Å². The van der Waals surface area contributed by atoms with Gasteiger partial charge >= 0.3 is 0 Å². The molecule has 0 saturated heterocycles. The topological polar surface area (TPSA) is 30.5 Å². The number of nitrogens with one attached hydrogen (secondary N) is 1. The molecule has 21 heavy (non-hydrogen) atoms. The quantitative estimate of drug-likeness (QED) is 0.825. The van der Waals surface area contributed by atoms with Gasteiger partial charge in [-0.25, -0.2) is 0 Å². The zero-order chi connectivity index (χ0) is 14.4. The van der Waals surface area contributed by atoms with Crippen LogP contribution in [0.5, 0.6) is 11.5 Å². The first kappa shape index (κ1) is 18.4. The van der Waals surface area contributed by atoms with Gasteiger partial charge in [0.1, 0.15) is 0 Å². The van der Waals surface area contributed by atoms with Crippen molar-refractivity contribution in [1.29, 1.82) is 0 Å². The summed E-state index contributed by atoms with van der Waals surface area (Å²) in [4.78, 5) is 0.